The van der Waals surface area contributed by atoms with Gasteiger partial charge in [-0.25, -0.2) is 4.98 Å². The second kappa shape index (κ2) is 6.54. The van der Waals surface area contributed by atoms with Gasteiger partial charge in [-0.3, -0.25) is 4.68 Å². The van der Waals surface area contributed by atoms with Gasteiger partial charge in [0.25, 0.3) is 0 Å². The number of rotatable bonds is 7. The molecule has 0 amide bonds. The Morgan fingerprint density at radius 2 is 2.05 bits per heavy atom. The topological polar surface area (TPSA) is 47.7 Å². The maximum absolute atomic E-state index is 4.74. The number of nitrogens with zero attached hydrogens (tertiary/aromatic N) is 4. The minimum Gasteiger partial charge on any atom is -0.327 e. The molecule has 0 spiro atoms. The highest BCUT2D eigenvalue weighted by atomic mass is 15.3. The fourth-order valence-electron chi connectivity index (χ4n) is 2.56. The number of aromatic nitrogens is 4. The van der Waals surface area contributed by atoms with E-state index >= 15 is 0 Å². The van der Waals surface area contributed by atoms with Crippen LogP contribution < -0.4 is 5.32 Å². The summed E-state index contributed by atoms with van der Waals surface area (Å²) in [6, 6.07) is 10.3. The normalized spacial score (nSPS) is 11.3. The van der Waals surface area contributed by atoms with Gasteiger partial charge in [-0.15, -0.1) is 0 Å². The summed E-state index contributed by atoms with van der Waals surface area (Å²) in [6.45, 7) is 5.76. The molecule has 0 radical (unpaired) electrons. The molecule has 0 bridgehead atoms. The van der Waals surface area contributed by atoms with Crippen LogP contribution in [0.3, 0.4) is 0 Å². The van der Waals surface area contributed by atoms with Gasteiger partial charge in [-0.1, -0.05) is 19.1 Å². The number of hydrogen-bond donors (Lipinski definition) is 1. The van der Waals surface area contributed by atoms with Crippen LogP contribution in [0.2, 0.25) is 0 Å². The van der Waals surface area contributed by atoms with Gasteiger partial charge in [0.2, 0.25) is 0 Å². The Kier molecular flexibility index (Phi) is 4.31. The zero-order valence-corrected chi connectivity index (χ0v) is 12.4. The first-order valence-electron chi connectivity index (χ1n) is 7.51. The first-order valence-corrected chi connectivity index (χ1v) is 7.51. The summed E-state index contributed by atoms with van der Waals surface area (Å²) in [6.07, 6.45) is 4.90. The van der Waals surface area contributed by atoms with Crippen LogP contribution in [-0.4, -0.2) is 25.9 Å². The van der Waals surface area contributed by atoms with Crippen molar-refractivity contribution in [1.29, 1.82) is 0 Å². The molecule has 2 heterocycles. The molecular formula is C16H21N5. The lowest BCUT2D eigenvalue weighted by molar-refractivity contribution is 0.535. The summed E-state index contributed by atoms with van der Waals surface area (Å²) in [7, 11) is 0. The highest BCUT2D eigenvalue weighted by molar-refractivity contribution is 5.75. The summed E-state index contributed by atoms with van der Waals surface area (Å²) in [5.74, 6) is 1.11. The standard InChI is InChI=1S/C16H21N5/c1-2-10-21-15-7-4-3-6-14(15)19-16(21)13-17-9-12-20-11-5-8-18-20/h3-8,11,17H,2,9-10,12-13H2,1H3. The number of aryl methyl sites for hydroxylation is 1. The molecule has 2 aromatic heterocycles. The molecule has 0 atom stereocenters. The van der Waals surface area contributed by atoms with Crippen molar-refractivity contribution in [2.45, 2.75) is 33.0 Å². The molecule has 5 nitrogen and oxygen atoms in total. The van der Waals surface area contributed by atoms with E-state index in [0.29, 0.717) is 0 Å². The first kappa shape index (κ1) is 13.8. The van der Waals surface area contributed by atoms with E-state index in [9.17, 15) is 0 Å². The molecule has 0 aliphatic carbocycles. The quantitative estimate of drug-likeness (QED) is 0.677. The largest absolute Gasteiger partial charge is 0.327 e. The second-order valence-corrected chi connectivity index (χ2v) is 5.11. The van der Waals surface area contributed by atoms with Crippen LogP contribution in [0.4, 0.5) is 0 Å². The van der Waals surface area contributed by atoms with E-state index in [1.165, 1.54) is 5.52 Å². The maximum atomic E-state index is 4.74. The van der Waals surface area contributed by atoms with Crippen LogP contribution in [0.15, 0.2) is 42.7 Å². The molecule has 0 saturated heterocycles. The lowest BCUT2D eigenvalue weighted by Crippen LogP contribution is -2.22. The van der Waals surface area contributed by atoms with E-state index in [1.54, 1.807) is 6.20 Å². The van der Waals surface area contributed by atoms with Gasteiger partial charge in [0.1, 0.15) is 5.82 Å². The van der Waals surface area contributed by atoms with Crippen LogP contribution in [0.1, 0.15) is 19.2 Å². The Morgan fingerprint density at radius 3 is 2.86 bits per heavy atom. The SMILES string of the molecule is CCCn1c(CNCCn2cccn2)nc2ccccc21. The molecule has 0 aliphatic heterocycles. The van der Waals surface area contributed by atoms with Gasteiger partial charge >= 0.3 is 0 Å². The molecule has 1 aromatic carbocycles. The first-order chi connectivity index (χ1) is 10.4. The molecule has 0 fully saturated rings. The van der Waals surface area contributed by atoms with Crippen molar-refractivity contribution in [3.8, 4) is 0 Å². The summed E-state index contributed by atoms with van der Waals surface area (Å²) in [5.41, 5.74) is 2.30. The third kappa shape index (κ3) is 3.13. The van der Waals surface area contributed by atoms with Gasteiger partial charge in [0.05, 0.1) is 24.1 Å². The number of imidazole rings is 1. The number of benzene rings is 1. The minimum atomic E-state index is 0.788. The fourth-order valence-corrected chi connectivity index (χ4v) is 2.56. The summed E-state index contributed by atoms with van der Waals surface area (Å²) in [4.78, 5) is 4.74. The third-order valence-electron chi connectivity index (χ3n) is 3.54. The Balaban J connectivity index is 1.66. The van der Waals surface area contributed by atoms with Crippen molar-refractivity contribution in [1.82, 2.24) is 24.6 Å². The van der Waals surface area contributed by atoms with Crippen molar-refractivity contribution >= 4 is 11.0 Å². The summed E-state index contributed by atoms with van der Waals surface area (Å²) >= 11 is 0. The number of para-hydroxylation sites is 2. The van der Waals surface area contributed by atoms with E-state index in [0.717, 1.165) is 43.9 Å². The zero-order chi connectivity index (χ0) is 14.5. The van der Waals surface area contributed by atoms with Crippen LogP contribution in [0.5, 0.6) is 0 Å². The highest BCUT2D eigenvalue weighted by Crippen LogP contribution is 2.16. The van der Waals surface area contributed by atoms with Gasteiger partial charge in [0.15, 0.2) is 0 Å². The van der Waals surface area contributed by atoms with E-state index in [-0.39, 0.29) is 0 Å². The number of hydrogen-bond acceptors (Lipinski definition) is 3. The van der Waals surface area contributed by atoms with Crippen molar-refractivity contribution in [3.05, 3.63) is 48.5 Å². The van der Waals surface area contributed by atoms with Crippen LogP contribution in [0, 0.1) is 0 Å². The van der Waals surface area contributed by atoms with Crippen molar-refractivity contribution in [3.63, 3.8) is 0 Å². The lowest BCUT2D eigenvalue weighted by Gasteiger charge is -2.09. The highest BCUT2D eigenvalue weighted by Gasteiger charge is 2.08. The number of fused-ring (bicyclic) bond motifs is 1. The Labute approximate surface area is 124 Å². The Bertz CT molecular complexity index is 684. The summed E-state index contributed by atoms with van der Waals surface area (Å²) in [5, 5.41) is 7.65. The molecule has 3 rings (SSSR count). The van der Waals surface area contributed by atoms with Gasteiger partial charge in [-0.2, -0.15) is 5.10 Å². The maximum Gasteiger partial charge on any atom is 0.123 e. The fraction of sp³-hybridized carbons (Fsp3) is 0.375. The van der Waals surface area contributed by atoms with Crippen LogP contribution in [0.25, 0.3) is 11.0 Å². The molecular weight excluding hydrogens is 262 g/mol. The average molecular weight is 283 g/mol. The smallest absolute Gasteiger partial charge is 0.123 e. The van der Waals surface area contributed by atoms with Crippen molar-refractivity contribution in [2.75, 3.05) is 6.54 Å². The monoisotopic (exact) mass is 283 g/mol. The Morgan fingerprint density at radius 1 is 1.14 bits per heavy atom. The molecule has 110 valence electrons. The predicted octanol–water partition coefficient (Wildman–Crippen LogP) is 2.43. The van der Waals surface area contributed by atoms with Gasteiger partial charge < -0.3 is 9.88 Å². The van der Waals surface area contributed by atoms with Crippen LogP contribution >= 0.6 is 0 Å². The summed E-state index contributed by atoms with van der Waals surface area (Å²) < 4.78 is 4.25. The molecule has 3 aromatic rings. The van der Waals surface area contributed by atoms with E-state index < -0.39 is 0 Å². The van der Waals surface area contributed by atoms with E-state index in [4.69, 9.17) is 4.98 Å². The Hall–Kier alpha value is -2.14. The minimum absolute atomic E-state index is 0.788. The number of nitrogens with one attached hydrogen (secondary N) is 1. The zero-order valence-electron chi connectivity index (χ0n) is 12.4. The molecule has 0 aliphatic rings. The van der Waals surface area contributed by atoms with Crippen molar-refractivity contribution < 1.29 is 0 Å². The average Bonchev–Trinajstić information content (AvgIpc) is 3.13. The van der Waals surface area contributed by atoms with Gasteiger partial charge in [0, 0.05) is 25.5 Å². The van der Waals surface area contributed by atoms with Crippen molar-refractivity contribution in [2.24, 2.45) is 0 Å². The third-order valence-corrected chi connectivity index (χ3v) is 3.54. The molecule has 0 saturated carbocycles. The molecule has 5 heteroatoms. The molecule has 1 N–H and O–H groups in total. The predicted molar refractivity (Wildman–Crippen MR) is 84.0 cm³/mol. The lowest BCUT2D eigenvalue weighted by atomic mass is 10.3. The van der Waals surface area contributed by atoms with E-state index in [2.05, 4.69) is 40.1 Å². The molecule has 21 heavy (non-hydrogen) atoms. The van der Waals surface area contributed by atoms with Crippen LogP contribution in [-0.2, 0) is 19.6 Å². The molecule has 0 unspecified atom stereocenters. The van der Waals surface area contributed by atoms with E-state index in [1.807, 2.05) is 23.0 Å². The second-order valence-electron chi connectivity index (χ2n) is 5.11. The van der Waals surface area contributed by atoms with Gasteiger partial charge in [-0.05, 0) is 24.6 Å².